The SMILES string of the molecule is CC(F)(F)C1CNCC[N]1. The molecule has 1 aliphatic heterocycles. The van der Waals surface area contributed by atoms with E-state index in [1.165, 1.54) is 0 Å². The molecule has 10 heavy (non-hydrogen) atoms. The number of hydrogen-bond acceptors (Lipinski definition) is 1. The lowest BCUT2D eigenvalue weighted by Crippen LogP contribution is -2.52. The smallest absolute Gasteiger partial charge is 0.263 e. The maximum Gasteiger partial charge on any atom is 0.263 e. The van der Waals surface area contributed by atoms with Crippen molar-refractivity contribution in [2.24, 2.45) is 0 Å². The van der Waals surface area contributed by atoms with Crippen LogP contribution in [0, 0.1) is 0 Å². The zero-order valence-electron chi connectivity index (χ0n) is 5.90. The molecule has 0 bridgehead atoms. The van der Waals surface area contributed by atoms with Crippen LogP contribution in [0.1, 0.15) is 6.92 Å². The van der Waals surface area contributed by atoms with E-state index in [4.69, 9.17) is 0 Å². The van der Waals surface area contributed by atoms with Crippen LogP contribution < -0.4 is 10.6 Å². The third-order valence-electron chi connectivity index (χ3n) is 1.56. The molecule has 1 aliphatic rings. The molecule has 1 unspecified atom stereocenters. The van der Waals surface area contributed by atoms with Crippen LogP contribution in [0.2, 0.25) is 0 Å². The summed E-state index contributed by atoms with van der Waals surface area (Å²) >= 11 is 0. The van der Waals surface area contributed by atoms with Gasteiger partial charge in [0.1, 0.15) is 6.04 Å². The standard InChI is InChI=1S/C6H11F2N2/c1-6(7,8)5-4-9-2-3-10-5/h5,9H,2-4H2,1H3. The Morgan fingerprint density at radius 3 is 2.60 bits per heavy atom. The van der Waals surface area contributed by atoms with E-state index >= 15 is 0 Å². The first-order valence-corrected chi connectivity index (χ1v) is 3.36. The average molecular weight is 149 g/mol. The fraction of sp³-hybridized carbons (Fsp3) is 1.00. The Hall–Kier alpha value is -0.220. The van der Waals surface area contributed by atoms with Crippen molar-refractivity contribution in [1.82, 2.24) is 10.6 Å². The first-order chi connectivity index (χ1) is 4.61. The third kappa shape index (κ3) is 1.88. The van der Waals surface area contributed by atoms with Crippen LogP contribution in [0.4, 0.5) is 8.78 Å². The van der Waals surface area contributed by atoms with Gasteiger partial charge in [0.25, 0.3) is 5.92 Å². The van der Waals surface area contributed by atoms with E-state index in [1.807, 2.05) is 0 Å². The van der Waals surface area contributed by atoms with Crippen molar-refractivity contribution in [3.8, 4) is 0 Å². The van der Waals surface area contributed by atoms with Gasteiger partial charge in [-0.3, -0.25) is 0 Å². The van der Waals surface area contributed by atoms with Gasteiger partial charge in [0.05, 0.1) is 0 Å². The van der Waals surface area contributed by atoms with Crippen molar-refractivity contribution in [2.75, 3.05) is 19.6 Å². The summed E-state index contributed by atoms with van der Waals surface area (Å²) in [5.74, 6) is -2.66. The summed E-state index contributed by atoms with van der Waals surface area (Å²) in [7, 11) is 0. The normalized spacial score (nSPS) is 28.5. The number of nitrogens with zero attached hydrogens (tertiary/aromatic N) is 1. The van der Waals surface area contributed by atoms with E-state index in [1.54, 1.807) is 0 Å². The highest BCUT2D eigenvalue weighted by Crippen LogP contribution is 2.18. The van der Waals surface area contributed by atoms with Gasteiger partial charge in [-0.2, -0.15) is 0 Å². The van der Waals surface area contributed by atoms with Gasteiger partial charge in [0.15, 0.2) is 0 Å². The molecule has 0 aromatic rings. The van der Waals surface area contributed by atoms with Gasteiger partial charge >= 0.3 is 0 Å². The summed E-state index contributed by atoms with van der Waals surface area (Å²) < 4.78 is 24.9. The van der Waals surface area contributed by atoms with E-state index in [2.05, 4.69) is 10.6 Å². The molecule has 1 saturated heterocycles. The highest BCUT2D eigenvalue weighted by Gasteiger charge is 2.35. The second kappa shape index (κ2) is 2.80. The Morgan fingerprint density at radius 2 is 2.30 bits per heavy atom. The summed E-state index contributed by atoms with van der Waals surface area (Å²) in [6.07, 6.45) is 0. The van der Waals surface area contributed by atoms with Crippen LogP contribution in [0.5, 0.6) is 0 Å². The number of halogens is 2. The zero-order valence-corrected chi connectivity index (χ0v) is 5.90. The van der Waals surface area contributed by atoms with Gasteiger partial charge in [-0.1, -0.05) is 0 Å². The Bertz CT molecular complexity index is 105. The van der Waals surface area contributed by atoms with Crippen LogP contribution in [0.25, 0.3) is 0 Å². The minimum atomic E-state index is -2.66. The maximum atomic E-state index is 12.5. The quantitative estimate of drug-likeness (QED) is 0.567. The molecule has 1 fully saturated rings. The monoisotopic (exact) mass is 149 g/mol. The van der Waals surface area contributed by atoms with E-state index in [9.17, 15) is 8.78 Å². The molecular formula is C6H11F2N2. The molecule has 1 rings (SSSR count). The Kier molecular flexibility index (Phi) is 2.21. The maximum absolute atomic E-state index is 12.5. The van der Waals surface area contributed by atoms with Gasteiger partial charge in [-0.05, 0) is 0 Å². The molecule has 0 aliphatic carbocycles. The van der Waals surface area contributed by atoms with Crippen molar-refractivity contribution in [3.63, 3.8) is 0 Å². The molecule has 2 nitrogen and oxygen atoms in total. The van der Waals surface area contributed by atoms with Crippen molar-refractivity contribution in [2.45, 2.75) is 18.9 Å². The first-order valence-electron chi connectivity index (χ1n) is 3.36. The molecule has 0 saturated carbocycles. The molecule has 4 heteroatoms. The van der Waals surface area contributed by atoms with Crippen molar-refractivity contribution in [1.29, 1.82) is 0 Å². The van der Waals surface area contributed by atoms with E-state index < -0.39 is 12.0 Å². The Labute approximate surface area is 59.0 Å². The van der Waals surface area contributed by atoms with Crippen LogP contribution >= 0.6 is 0 Å². The van der Waals surface area contributed by atoms with Crippen LogP contribution in [-0.2, 0) is 0 Å². The fourth-order valence-electron chi connectivity index (χ4n) is 0.942. The fourth-order valence-corrected chi connectivity index (χ4v) is 0.942. The lowest BCUT2D eigenvalue weighted by Gasteiger charge is -2.27. The largest absolute Gasteiger partial charge is 0.314 e. The second-order valence-corrected chi connectivity index (χ2v) is 2.58. The summed E-state index contributed by atoms with van der Waals surface area (Å²) in [5, 5.41) is 6.66. The van der Waals surface area contributed by atoms with Crippen LogP contribution in [-0.4, -0.2) is 31.6 Å². The summed E-state index contributed by atoms with van der Waals surface area (Å²) in [4.78, 5) is 0. The molecule has 0 spiro atoms. The molecule has 1 heterocycles. The Morgan fingerprint density at radius 1 is 1.60 bits per heavy atom. The van der Waals surface area contributed by atoms with Gasteiger partial charge < -0.3 is 5.32 Å². The van der Waals surface area contributed by atoms with Crippen LogP contribution in [0.3, 0.4) is 0 Å². The highest BCUT2D eigenvalue weighted by molar-refractivity contribution is 4.84. The molecule has 0 aromatic carbocycles. The number of hydrogen-bond donors (Lipinski definition) is 1. The minimum Gasteiger partial charge on any atom is -0.314 e. The minimum absolute atomic E-state index is 0.309. The van der Waals surface area contributed by atoms with E-state index in [0.29, 0.717) is 13.1 Å². The predicted octanol–water partition coefficient (Wildman–Crippen LogP) is 0.218. The molecular weight excluding hydrogens is 138 g/mol. The Balaban J connectivity index is 2.39. The molecule has 59 valence electrons. The highest BCUT2D eigenvalue weighted by atomic mass is 19.3. The van der Waals surface area contributed by atoms with Gasteiger partial charge in [0, 0.05) is 26.6 Å². The number of rotatable bonds is 1. The predicted molar refractivity (Wildman–Crippen MR) is 34.3 cm³/mol. The molecule has 0 aromatic heterocycles. The molecule has 1 N–H and O–H groups in total. The van der Waals surface area contributed by atoms with E-state index in [0.717, 1.165) is 13.5 Å². The second-order valence-electron chi connectivity index (χ2n) is 2.58. The number of alkyl halides is 2. The molecule has 1 radical (unpaired) electrons. The summed E-state index contributed by atoms with van der Waals surface area (Å²) in [6.45, 7) is 2.46. The number of nitrogens with one attached hydrogen (secondary N) is 1. The lowest BCUT2D eigenvalue weighted by atomic mass is 10.1. The first kappa shape index (κ1) is 7.88. The molecule has 0 amide bonds. The topological polar surface area (TPSA) is 26.1 Å². The average Bonchev–Trinajstić information content (AvgIpc) is 1.88. The van der Waals surface area contributed by atoms with Crippen molar-refractivity contribution in [3.05, 3.63) is 0 Å². The lowest BCUT2D eigenvalue weighted by molar-refractivity contribution is -0.0232. The van der Waals surface area contributed by atoms with Crippen LogP contribution in [0.15, 0.2) is 0 Å². The van der Waals surface area contributed by atoms with E-state index in [-0.39, 0.29) is 0 Å². The number of piperazine rings is 1. The zero-order chi connectivity index (χ0) is 7.61. The van der Waals surface area contributed by atoms with Gasteiger partial charge in [-0.15, -0.1) is 0 Å². The third-order valence-corrected chi connectivity index (χ3v) is 1.56. The summed E-state index contributed by atoms with van der Waals surface area (Å²) in [6, 6.07) is -0.818. The van der Waals surface area contributed by atoms with Gasteiger partial charge in [-0.25, -0.2) is 14.1 Å². The summed E-state index contributed by atoms with van der Waals surface area (Å²) in [5.41, 5.74) is 0. The van der Waals surface area contributed by atoms with Crippen molar-refractivity contribution >= 4 is 0 Å². The molecule has 1 atom stereocenters. The van der Waals surface area contributed by atoms with Gasteiger partial charge in [0.2, 0.25) is 0 Å². The van der Waals surface area contributed by atoms with Crippen molar-refractivity contribution < 1.29 is 8.78 Å².